The van der Waals surface area contributed by atoms with Crippen LogP contribution in [0.3, 0.4) is 0 Å². The summed E-state index contributed by atoms with van der Waals surface area (Å²) < 4.78 is 46.7. The Bertz CT molecular complexity index is 1520. The van der Waals surface area contributed by atoms with Gasteiger partial charge in [-0.05, 0) is 55.3 Å². The molecule has 1 unspecified atom stereocenters. The highest BCUT2D eigenvalue weighted by Gasteiger charge is 2.32. The van der Waals surface area contributed by atoms with E-state index in [0.29, 0.717) is 18.7 Å². The fourth-order valence-electron chi connectivity index (χ4n) is 4.57. The highest BCUT2D eigenvalue weighted by molar-refractivity contribution is 6.08. The Hall–Kier alpha value is -4.61. The van der Waals surface area contributed by atoms with E-state index in [0.717, 1.165) is 29.5 Å². The number of H-pyrrole nitrogens is 1. The van der Waals surface area contributed by atoms with Gasteiger partial charge in [-0.1, -0.05) is 0 Å². The number of benzene rings is 2. The summed E-state index contributed by atoms with van der Waals surface area (Å²) in [6, 6.07) is 11.3. The lowest BCUT2D eigenvalue weighted by Gasteiger charge is -2.23. The molecule has 0 bridgehead atoms. The molecule has 1 aliphatic rings. The van der Waals surface area contributed by atoms with Crippen LogP contribution in [-0.4, -0.2) is 51.1 Å². The Morgan fingerprint density at radius 3 is 2.79 bits per heavy atom. The summed E-state index contributed by atoms with van der Waals surface area (Å²) in [7, 11) is 0. The van der Waals surface area contributed by atoms with E-state index >= 15 is 0 Å². The zero-order valence-electron chi connectivity index (χ0n) is 20.9. The van der Waals surface area contributed by atoms with Crippen LogP contribution in [0.5, 0.6) is 5.75 Å². The van der Waals surface area contributed by atoms with Crippen molar-refractivity contribution in [3.8, 4) is 5.75 Å². The van der Waals surface area contributed by atoms with Crippen molar-refractivity contribution in [3.05, 3.63) is 72.1 Å². The number of alkyl halides is 3. The van der Waals surface area contributed by atoms with Gasteiger partial charge in [0.2, 0.25) is 5.91 Å². The minimum atomic E-state index is -4.66. The number of ether oxygens (including phenoxy) is 1. The number of anilines is 3. The first-order valence-electron chi connectivity index (χ1n) is 12.3. The minimum absolute atomic E-state index is 0.0472. The monoisotopic (exact) mass is 538 g/mol. The van der Waals surface area contributed by atoms with Gasteiger partial charge in [0.15, 0.2) is 0 Å². The van der Waals surface area contributed by atoms with Crippen LogP contribution in [0.2, 0.25) is 0 Å². The number of halogens is 3. The van der Waals surface area contributed by atoms with Gasteiger partial charge < -0.3 is 20.3 Å². The van der Waals surface area contributed by atoms with Crippen LogP contribution >= 0.6 is 0 Å². The Labute approximate surface area is 221 Å². The van der Waals surface area contributed by atoms with Crippen molar-refractivity contribution >= 4 is 39.9 Å². The van der Waals surface area contributed by atoms with Gasteiger partial charge in [0, 0.05) is 42.5 Å². The molecular formula is C27H25F3N6O3. The van der Waals surface area contributed by atoms with E-state index in [1.54, 1.807) is 29.3 Å². The van der Waals surface area contributed by atoms with Crippen LogP contribution in [-0.2, 0) is 11.0 Å². The molecule has 12 heteroatoms. The maximum absolute atomic E-state index is 13.7. The number of hydrogen-bond acceptors (Lipinski definition) is 6. The van der Waals surface area contributed by atoms with Crippen LogP contribution in [0.25, 0.3) is 10.9 Å². The van der Waals surface area contributed by atoms with Gasteiger partial charge in [0.25, 0.3) is 5.91 Å². The molecule has 5 rings (SSSR count). The van der Waals surface area contributed by atoms with E-state index in [-0.39, 0.29) is 41.4 Å². The average molecular weight is 539 g/mol. The van der Waals surface area contributed by atoms with E-state index in [2.05, 4.69) is 25.8 Å². The molecule has 4 aromatic rings. The third-order valence-electron chi connectivity index (χ3n) is 6.47. The van der Waals surface area contributed by atoms with Gasteiger partial charge in [0.05, 0.1) is 28.9 Å². The summed E-state index contributed by atoms with van der Waals surface area (Å²) in [5.74, 6) is -0.601. The van der Waals surface area contributed by atoms with Crippen LogP contribution in [0.4, 0.5) is 30.4 Å². The predicted octanol–water partition coefficient (Wildman–Crippen LogP) is 5.36. The molecule has 1 saturated heterocycles. The molecule has 1 fully saturated rings. The largest absolute Gasteiger partial charge is 0.491 e. The van der Waals surface area contributed by atoms with Crippen LogP contribution in [0.15, 0.2) is 60.9 Å². The second-order valence-electron chi connectivity index (χ2n) is 9.21. The zero-order valence-corrected chi connectivity index (χ0v) is 20.9. The van der Waals surface area contributed by atoms with Crippen molar-refractivity contribution in [2.24, 2.45) is 0 Å². The molecule has 0 aliphatic carbocycles. The number of nitrogens with one attached hydrogen (secondary N) is 3. The summed E-state index contributed by atoms with van der Waals surface area (Å²) in [5.41, 5.74) is 0.490. The SMILES string of the molecule is CC(=O)N1CCCC1COc1cc(NC(=O)c2cccnc2Nc2ccc3cn[nH]c3c2)cc(C(F)(F)F)c1. The fourth-order valence-corrected chi connectivity index (χ4v) is 4.57. The molecule has 3 N–H and O–H groups in total. The first-order valence-corrected chi connectivity index (χ1v) is 12.3. The normalized spacial score (nSPS) is 15.4. The molecule has 202 valence electrons. The second-order valence-corrected chi connectivity index (χ2v) is 9.21. The lowest BCUT2D eigenvalue weighted by atomic mass is 10.1. The second kappa shape index (κ2) is 10.6. The number of aromatic amines is 1. The molecule has 3 heterocycles. The molecule has 0 saturated carbocycles. The third kappa shape index (κ3) is 5.95. The number of amides is 2. The topological polar surface area (TPSA) is 112 Å². The number of likely N-dealkylation sites (tertiary alicyclic amines) is 1. The van der Waals surface area contributed by atoms with Crippen molar-refractivity contribution in [1.29, 1.82) is 0 Å². The van der Waals surface area contributed by atoms with E-state index in [1.165, 1.54) is 25.3 Å². The van der Waals surface area contributed by atoms with Crippen molar-refractivity contribution < 1.29 is 27.5 Å². The Kier molecular flexibility index (Phi) is 7.09. The highest BCUT2D eigenvalue weighted by Crippen LogP contribution is 2.35. The van der Waals surface area contributed by atoms with E-state index < -0.39 is 17.6 Å². The predicted molar refractivity (Wildman–Crippen MR) is 139 cm³/mol. The highest BCUT2D eigenvalue weighted by atomic mass is 19.4. The first kappa shape index (κ1) is 26.0. The maximum Gasteiger partial charge on any atom is 0.416 e. The zero-order chi connectivity index (χ0) is 27.6. The van der Waals surface area contributed by atoms with E-state index in [1.807, 2.05) is 6.07 Å². The molecule has 2 aromatic carbocycles. The molecule has 0 radical (unpaired) electrons. The lowest BCUT2D eigenvalue weighted by Crippen LogP contribution is -2.37. The molecule has 1 atom stereocenters. The Morgan fingerprint density at radius 2 is 2.00 bits per heavy atom. The van der Waals surface area contributed by atoms with Gasteiger partial charge in [-0.2, -0.15) is 18.3 Å². The number of fused-ring (bicyclic) bond motifs is 1. The average Bonchev–Trinajstić information content (AvgIpc) is 3.56. The van der Waals surface area contributed by atoms with Crippen LogP contribution in [0.1, 0.15) is 35.7 Å². The Balaban J connectivity index is 1.36. The molecule has 1 aliphatic heterocycles. The van der Waals surface area contributed by atoms with E-state index in [9.17, 15) is 22.8 Å². The van der Waals surface area contributed by atoms with Crippen LogP contribution in [0, 0.1) is 0 Å². The molecule has 2 aromatic heterocycles. The summed E-state index contributed by atoms with van der Waals surface area (Å²) in [6.07, 6.45) is 0.0151. The van der Waals surface area contributed by atoms with Gasteiger partial charge >= 0.3 is 6.18 Å². The van der Waals surface area contributed by atoms with Crippen LogP contribution < -0.4 is 15.4 Å². The fraction of sp³-hybridized carbons (Fsp3) is 0.259. The van der Waals surface area contributed by atoms with Gasteiger partial charge in [-0.15, -0.1) is 0 Å². The first-order chi connectivity index (χ1) is 18.7. The van der Waals surface area contributed by atoms with Gasteiger partial charge in [-0.3, -0.25) is 14.7 Å². The number of carbonyl (C=O) groups is 2. The minimum Gasteiger partial charge on any atom is -0.491 e. The quantitative estimate of drug-likeness (QED) is 0.292. The lowest BCUT2D eigenvalue weighted by molar-refractivity contribution is -0.137. The Morgan fingerprint density at radius 1 is 1.15 bits per heavy atom. The number of rotatable bonds is 7. The molecule has 39 heavy (non-hydrogen) atoms. The van der Waals surface area contributed by atoms with E-state index in [4.69, 9.17) is 4.74 Å². The third-order valence-corrected chi connectivity index (χ3v) is 6.47. The molecule has 0 spiro atoms. The standard InChI is InChI=1S/C27H25F3N6O3/c1-16(37)36-9-3-4-21(36)15-39-22-11-18(27(28,29)30)10-20(12-22)34-26(38)23-5-2-8-31-25(23)33-19-7-6-17-14-32-35-24(17)13-19/h2,5-8,10-14,21H,3-4,9,15H2,1H3,(H,31,33)(H,32,35)(H,34,38). The number of pyridine rings is 1. The van der Waals surface area contributed by atoms with Crippen molar-refractivity contribution in [2.45, 2.75) is 32.0 Å². The summed E-state index contributed by atoms with van der Waals surface area (Å²) in [6.45, 7) is 2.09. The summed E-state index contributed by atoms with van der Waals surface area (Å²) in [5, 5.41) is 13.4. The smallest absolute Gasteiger partial charge is 0.416 e. The summed E-state index contributed by atoms with van der Waals surface area (Å²) in [4.78, 5) is 30.9. The maximum atomic E-state index is 13.7. The summed E-state index contributed by atoms with van der Waals surface area (Å²) >= 11 is 0. The molecule has 9 nitrogen and oxygen atoms in total. The molecule has 2 amide bonds. The number of hydrogen-bond donors (Lipinski definition) is 3. The molecular weight excluding hydrogens is 513 g/mol. The number of aromatic nitrogens is 3. The van der Waals surface area contributed by atoms with Gasteiger partial charge in [0.1, 0.15) is 18.2 Å². The van der Waals surface area contributed by atoms with Crippen molar-refractivity contribution in [3.63, 3.8) is 0 Å². The number of carbonyl (C=O) groups excluding carboxylic acids is 2. The van der Waals surface area contributed by atoms with Crippen molar-refractivity contribution in [2.75, 3.05) is 23.8 Å². The van der Waals surface area contributed by atoms with Crippen molar-refractivity contribution in [1.82, 2.24) is 20.1 Å². The number of nitrogens with zero attached hydrogens (tertiary/aromatic N) is 3. The van der Waals surface area contributed by atoms with Gasteiger partial charge in [-0.25, -0.2) is 4.98 Å².